The lowest BCUT2D eigenvalue weighted by Gasteiger charge is -2.42. The third-order valence-corrected chi connectivity index (χ3v) is 12.2. The molecule has 3 saturated carbocycles. The minimum Gasteiger partial charge on any atom is -0.179 e. The molecule has 0 aromatic rings. The van der Waals surface area contributed by atoms with E-state index in [2.05, 4.69) is 32.6 Å². The van der Waals surface area contributed by atoms with Crippen LogP contribution in [-0.4, -0.2) is 16.0 Å². The molecule has 0 radical (unpaired) electrons. The molecular weight excluding hydrogens is 348 g/mol. The van der Waals surface area contributed by atoms with Crippen molar-refractivity contribution in [3.63, 3.8) is 0 Å². The summed E-state index contributed by atoms with van der Waals surface area (Å²) in [6, 6.07) is 0. The molecule has 0 N–H and O–H groups in total. The molecule has 26 heavy (non-hydrogen) atoms. The summed E-state index contributed by atoms with van der Waals surface area (Å²) in [4.78, 5) is 0. The van der Waals surface area contributed by atoms with E-state index >= 15 is 0 Å². The number of allylic oxidation sites excluding steroid dienone is 4. The Morgan fingerprint density at radius 1 is 1.23 bits per heavy atom. The van der Waals surface area contributed by atoms with Crippen LogP contribution in [0.5, 0.6) is 0 Å². The molecule has 0 bridgehead atoms. The van der Waals surface area contributed by atoms with Gasteiger partial charge < -0.3 is 0 Å². The van der Waals surface area contributed by atoms with Gasteiger partial charge in [-0.25, -0.2) is 0 Å². The first kappa shape index (κ1) is 18.1. The van der Waals surface area contributed by atoms with Crippen LogP contribution in [0.15, 0.2) is 22.8 Å². The molecule has 0 amide bonds. The zero-order chi connectivity index (χ0) is 18.1. The van der Waals surface area contributed by atoms with Crippen molar-refractivity contribution < 1.29 is 0 Å². The largest absolute Gasteiger partial charge is 0.179 e. The predicted molar refractivity (Wildman–Crippen MR) is 119 cm³/mol. The second-order valence-electron chi connectivity index (χ2n) is 10.6. The van der Waals surface area contributed by atoms with Gasteiger partial charge in [0.05, 0.1) is 0 Å². The molecule has 0 saturated heterocycles. The molecule has 7 atom stereocenters. The first-order chi connectivity index (χ1) is 12.6. The first-order valence-electron chi connectivity index (χ1n) is 11.6. The molecular formula is C24H38SSi. The predicted octanol–water partition coefficient (Wildman–Crippen LogP) is 5.74. The van der Waals surface area contributed by atoms with E-state index < -0.39 is 0 Å². The van der Waals surface area contributed by atoms with Gasteiger partial charge in [-0.1, -0.05) is 36.1 Å². The van der Waals surface area contributed by atoms with E-state index in [-0.39, 0.29) is 0 Å². The summed E-state index contributed by atoms with van der Waals surface area (Å²) in [5.41, 5.74) is 8.08. The maximum Gasteiger partial charge on any atom is 0.00825 e. The summed E-state index contributed by atoms with van der Waals surface area (Å²) in [5, 5.41) is 0. The Bertz CT molecular complexity index is 663. The Labute approximate surface area is 169 Å². The monoisotopic (exact) mass is 386 g/mol. The van der Waals surface area contributed by atoms with E-state index in [0.717, 1.165) is 40.4 Å². The minimum atomic E-state index is 0.679. The summed E-state index contributed by atoms with van der Waals surface area (Å²) in [7, 11) is 1.42. The van der Waals surface area contributed by atoms with Crippen LogP contribution in [-0.2, 0) is 0 Å². The lowest BCUT2D eigenvalue weighted by molar-refractivity contribution is 0.234. The van der Waals surface area contributed by atoms with Crippen molar-refractivity contribution in [3.8, 4) is 0 Å². The van der Waals surface area contributed by atoms with Gasteiger partial charge in [0.25, 0.3) is 0 Å². The SMILES string of the molecule is CC1=C(C2CCC34C([SiH3])C5C=C(CCCS)C5C3(C)C4C2)CCCCC1. The molecule has 3 fully saturated rings. The van der Waals surface area contributed by atoms with Crippen molar-refractivity contribution in [2.45, 2.75) is 83.6 Å². The van der Waals surface area contributed by atoms with Crippen LogP contribution in [0.3, 0.4) is 0 Å². The quantitative estimate of drug-likeness (QED) is 0.355. The number of hydrogen-bond donors (Lipinski definition) is 1. The molecule has 0 nitrogen and oxygen atoms in total. The fourth-order valence-corrected chi connectivity index (χ4v) is 10.9. The lowest BCUT2D eigenvalue weighted by Crippen LogP contribution is -2.33. The average Bonchev–Trinajstić information content (AvgIpc) is 3.18. The highest BCUT2D eigenvalue weighted by Crippen LogP contribution is 2.91. The van der Waals surface area contributed by atoms with E-state index in [9.17, 15) is 0 Å². The fourth-order valence-electron chi connectivity index (χ4n) is 8.89. The smallest absolute Gasteiger partial charge is 0.00825 e. The minimum absolute atomic E-state index is 0.679. The van der Waals surface area contributed by atoms with Crippen LogP contribution < -0.4 is 0 Å². The highest BCUT2D eigenvalue weighted by Gasteiger charge is 2.84. The molecule has 0 heterocycles. The molecule has 5 rings (SSSR count). The van der Waals surface area contributed by atoms with Gasteiger partial charge in [0, 0.05) is 10.2 Å². The standard InChI is InChI=1S/C24H38SSi/c1-15-7-4-3-5-9-18(15)16-10-11-24-20(14-16)23(24,2)21-17(8-6-12-25)13-19(21)22(24)26/h13,16,19-22,25H,3-12,14H2,1-2,26H3. The highest BCUT2D eigenvalue weighted by atomic mass is 32.1. The van der Waals surface area contributed by atoms with E-state index in [1.165, 1.54) is 61.6 Å². The molecule has 7 unspecified atom stereocenters. The van der Waals surface area contributed by atoms with Crippen LogP contribution in [0, 0.1) is 34.5 Å². The fraction of sp³-hybridized carbons (Fsp3) is 0.833. The van der Waals surface area contributed by atoms with E-state index in [1.54, 1.807) is 18.4 Å². The summed E-state index contributed by atoms with van der Waals surface area (Å²) < 4.78 is 0. The first-order valence-corrected chi connectivity index (χ1v) is 13.3. The molecule has 5 aliphatic rings. The number of hydrogen-bond acceptors (Lipinski definition) is 1. The van der Waals surface area contributed by atoms with Gasteiger partial charge >= 0.3 is 0 Å². The van der Waals surface area contributed by atoms with Crippen molar-refractivity contribution in [1.82, 2.24) is 0 Å². The third-order valence-electron chi connectivity index (χ3n) is 10.1. The maximum absolute atomic E-state index is 4.47. The zero-order valence-electron chi connectivity index (χ0n) is 17.2. The number of rotatable bonds is 4. The third kappa shape index (κ3) is 2.15. The van der Waals surface area contributed by atoms with Gasteiger partial charge in [-0.2, -0.15) is 12.6 Å². The molecule has 144 valence electrons. The average molecular weight is 387 g/mol. The molecule has 2 heteroatoms. The second-order valence-corrected chi connectivity index (χ2v) is 12.3. The lowest BCUT2D eigenvalue weighted by atomic mass is 9.65. The topological polar surface area (TPSA) is 0 Å². The summed E-state index contributed by atoms with van der Waals surface area (Å²) in [6.45, 7) is 5.20. The zero-order valence-corrected chi connectivity index (χ0v) is 20.1. The molecule has 1 spiro atoms. The van der Waals surface area contributed by atoms with Crippen LogP contribution in [0.1, 0.15) is 78.1 Å². The van der Waals surface area contributed by atoms with Crippen molar-refractivity contribution in [2.75, 3.05) is 5.75 Å². The Balaban J connectivity index is 1.37. The molecule has 5 aliphatic carbocycles. The maximum atomic E-state index is 4.47. The number of fused-ring (bicyclic) bond motifs is 3. The Hall–Kier alpha value is 0.0469. The molecule has 0 aromatic carbocycles. The Morgan fingerprint density at radius 2 is 2.04 bits per heavy atom. The van der Waals surface area contributed by atoms with Gasteiger partial charge in [0.2, 0.25) is 0 Å². The van der Waals surface area contributed by atoms with Gasteiger partial charge in [0.1, 0.15) is 0 Å². The highest BCUT2D eigenvalue weighted by molar-refractivity contribution is 7.80. The summed E-state index contributed by atoms with van der Waals surface area (Å²) in [5.74, 6) is 5.01. The van der Waals surface area contributed by atoms with Crippen LogP contribution >= 0.6 is 12.6 Å². The number of thiol groups is 1. The van der Waals surface area contributed by atoms with Crippen molar-refractivity contribution in [2.24, 2.45) is 34.5 Å². The Kier molecular flexibility index (Phi) is 4.37. The van der Waals surface area contributed by atoms with Crippen molar-refractivity contribution in [3.05, 3.63) is 22.8 Å². The second kappa shape index (κ2) is 6.27. The molecule has 0 aromatic heterocycles. The summed E-state index contributed by atoms with van der Waals surface area (Å²) in [6.07, 6.45) is 17.2. The van der Waals surface area contributed by atoms with Crippen molar-refractivity contribution >= 4 is 22.9 Å². The van der Waals surface area contributed by atoms with Crippen molar-refractivity contribution in [1.29, 1.82) is 0 Å². The van der Waals surface area contributed by atoms with Gasteiger partial charge in [-0.15, -0.1) is 0 Å². The molecule has 0 aliphatic heterocycles. The van der Waals surface area contributed by atoms with Gasteiger partial charge in [-0.05, 0) is 111 Å². The van der Waals surface area contributed by atoms with Crippen LogP contribution in [0.25, 0.3) is 0 Å². The summed E-state index contributed by atoms with van der Waals surface area (Å²) >= 11 is 4.47. The van der Waals surface area contributed by atoms with E-state index in [1.807, 2.05) is 11.1 Å². The normalized spacial score (nSPS) is 49.7. The Morgan fingerprint density at radius 3 is 2.85 bits per heavy atom. The van der Waals surface area contributed by atoms with Gasteiger partial charge in [0.15, 0.2) is 0 Å². The van der Waals surface area contributed by atoms with Crippen LogP contribution in [0.2, 0.25) is 5.54 Å². The van der Waals surface area contributed by atoms with Gasteiger partial charge in [-0.3, -0.25) is 0 Å². The van der Waals surface area contributed by atoms with E-state index in [0.29, 0.717) is 5.41 Å². The van der Waals surface area contributed by atoms with Crippen LogP contribution in [0.4, 0.5) is 0 Å². The van der Waals surface area contributed by atoms with E-state index in [4.69, 9.17) is 0 Å².